The standard InChI is InChI=1S/C29H34O6/c1-31-28-26(33-20-24-13-7-3-8-14-24)17-29(27(18-30)35-28,34-21-25-15-9-4-10-16-25)22-32-19-23-11-5-2-6-12-23/h2-16,26-28,30H,17-22H2,1H3/t26?,27?,28-,29?/m0/s1. The summed E-state index contributed by atoms with van der Waals surface area (Å²) in [6, 6.07) is 29.9. The molecule has 1 N–H and O–H groups in total. The lowest BCUT2D eigenvalue weighted by atomic mass is 9.87. The zero-order valence-electron chi connectivity index (χ0n) is 20.1. The summed E-state index contributed by atoms with van der Waals surface area (Å²) < 4.78 is 30.7. The van der Waals surface area contributed by atoms with Gasteiger partial charge in [0.2, 0.25) is 0 Å². The van der Waals surface area contributed by atoms with E-state index in [4.69, 9.17) is 23.7 Å². The van der Waals surface area contributed by atoms with Crippen LogP contribution in [-0.2, 0) is 43.5 Å². The van der Waals surface area contributed by atoms with Crippen LogP contribution in [0, 0.1) is 0 Å². The second-order valence-electron chi connectivity index (χ2n) is 8.77. The van der Waals surface area contributed by atoms with Crippen LogP contribution < -0.4 is 0 Å². The van der Waals surface area contributed by atoms with Crippen LogP contribution in [0.15, 0.2) is 91.0 Å². The van der Waals surface area contributed by atoms with E-state index in [-0.39, 0.29) is 13.2 Å². The topological polar surface area (TPSA) is 66.4 Å². The van der Waals surface area contributed by atoms with Crippen LogP contribution >= 0.6 is 0 Å². The normalized spacial score (nSPS) is 24.3. The molecule has 35 heavy (non-hydrogen) atoms. The summed E-state index contributed by atoms with van der Waals surface area (Å²) in [4.78, 5) is 0. The van der Waals surface area contributed by atoms with Crippen molar-refractivity contribution in [3.63, 3.8) is 0 Å². The lowest BCUT2D eigenvalue weighted by Crippen LogP contribution is -2.61. The van der Waals surface area contributed by atoms with Crippen molar-refractivity contribution in [3.05, 3.63) is 108 Å². The summed E-state index contributed by atoms with van der Waals surface area (Å²) in [7, 11) is 1.59. The number of rotatable bonds is 12. The Kier molecular flexibility index (Phi) is 9.42. The van der Waals surface area contributed by atoms with E-state index in [0.29, 0.717) is 26.2 Å². The van der Waals surface area contributed by atoms with Crippen molar-refractivity contribution in [3.8, 4) is 0 Å². The average molecular weight is 479 g/mol. The van der Waals surface area contributed by atoms with Gasteiger partial charge in [0.1, 0.15) is 17.8 Å². The third kappa shape index (κ3) is 6.98. The summed E-state index contributed by atoms with van der Waals surface area (Å²) in [5.74, 6) is 0. The van der Waals surface area contributed by atoms with Crippen LogP contribution in [0.2, 0.25) is 0 Å². The fraction of sp³-hybridized carbons (Fsp3) is 0.379. The maximum absolute atomic E-state index is 10.3. The molecule has 0 amide bonds. The van der Waals surface area contributed by atoms with Crippen LogP contribution in [-0.4, -0.2) is 49.5 Å². The van der Waals surface area contributed by atoms with Crippen molar-refractivity contribution in [2.75, 3.05) is 20.3 Å². The predicted octanol–water partition coefficient (Wildman–Crippen LogP) is 4.50. The van der Waals surface area contributed by atoms with E-state index >= 15 is 0 Å². The summed E-state index contributed by atoms with van der Waals surface area (Å²) >= 11 is 0. The zero-order valence-corrected chi connectivity index (χ0v) is 20.1. The van der Waals surface area contributed by atoms with Crippen molar-refractivity contribution in [1.82, 2.24) is 0 Å². The Morgan fingerprint density at radius 2 is 1.34 bits per heavy atom. The quantitative estimate of drug-likeness (QED) is 0.414. The molecule has 0 aliphatic carbocycles. The second-order valence-corrected chi connectivity index (χ2v) is 8.77. The third-order valence-electron chi connectivity index (χ3n) is 6.27. The van der Waals surface area contributed by atoms with Gasteiger partial charge in [0, 0.05) is 13.5 Å². The lowest BCUT2D eigenvalue weighted by Gasteiger charge is -2.48. The molecule has 4 atom stereocenters. The third-order valence-corrected chi connectivity index (χ3v) is 6.27. The molecule has 3 unspecified atom stereocenters. The number of aliphatic hydroxyl groups is 1. The fourth-order valence-electron chi connectivity index (χ4n) is 4.34. The van der Waals surface area contributed by atoms with Gasteiger partial charge >= 0.3 is 0 Å². The first-order valence-corrected chi connectivity index (χ1v) is 12.0. The highest BCUT2D eigenvalue weighted by Crippen LogP contribution is 2.36. The molecule has 0 spiro atoms. The van der Waals surface area contributed by atoms with Gasteiger partial charge in [0.05, 0.1) is 33.0 Å². The molecule has 1 saturated heterocycles. The van der Waals surface area contributed by atoms with E-state index in [1.165, 1.54) is 0 Å². The molecule has 4 rings (SSSR count). The molecule has 6 nitrogen and oxygen atoms in total. The van der Waals surface area contributed by atoms with E-state index < -0.39 is 24.1 Å². The van der Waals surface area contributed by atoms with Gasteiger partial charge in [-0.1, -0.05) is 91.0 Å². The van der Waals surface area contributed by atoms with Gasteiger partial charge in [0.15, 0.2) is 6.29 Å². The molecule has 0 aromatic heterocycles. The monoisotopic (exact) mass is 478 g/mol. The van der Waals surface area contributed by atoms with Crippen molar-refractivity contribution in [2.45, 2.75) is 50.3 Å². The molecule has 3 aromatic rings. The van der Waals surface area contributed by atoms with Gasteiger partial charge in [-0.15, -0.1) is 0 Å². The number of benzene rings is 3. The first-order valence-electron chi connectivity index (χ1n) is 12.0. The van der Waals surface area contributed by atoms with Crippen LogP contribution in [0.25, 0.3) is 0 Å². The minimum atomic E-state index is -0.921. The Morgan fingerprint density at radius 1 is 0.800 bits per heavy atom. The Bertz CT molecular complexity index is 984. The van der Waals surface area contributed by atoms with Crippen LogP contribution in [0.3, 0.4) is 0 Å². The highest BCUT2D eigenvalue weighted by atomic mass is 16.7. The molecule has 1 aliphatic rings. The lowest BCUT2D eigenvalue weighted by molar-refractivity contribution is -0.318. The first kappa shape index (κ1) is 25.5. The number of hydrogen-bond donors (Lipinski definition) is 1. The van der Waals surface area contributed by atoms with Crippen LogP contribution in [0.5, 0.6) is 0 Å². The molecule has 1 aliphatic heterocycles. The summed E-state index contributed by atoms with van der Waals surface area (Å²) in [5.41, 5.74) is 2.23. The maximum Gasteiger partial charge on any atom is 0.184 e. The zero-order chi connectivity index (χ0) is 24.3. The summed E-state index contributed by atoms with van der Waals surface area (Å²) in [5, 5.41) is 10.3. The van der Waals surface area contributed by atoms with Gasteiger partial charge in [-0.25, -0.2) is 0 Å². The van der Waals surface area contributed by atoms with Crippen molar-refractivity contribution in [1.29, 1.82) is 0 Å². The van der Waals surface area contributed by atoms with Gasteiger partial charge in [-0.2, -0.15) is 0 Å². The second kappa shape index (κ2) is 12.9. The van der Waals surface area contributed by atoms with Gasteiger partial charge in [-0.05, 0) is 16.7 Å². The molecule has 3 aromatic carbocycles. The van der Waals surface area contributed by atoms with Gasteiger partial charge in [-0.3, -0.25) is 0 Å². The molecular weight excluding hydrogens is 444 g/mol. The molecule has 0 bridgehead atoms. The van der Waals surface area contributed by atoms with E-state index in [1.807, 2.05) is 91.0 Å². The molecule has 0 radical (unpaired) electrons. The summed E-state index contributed by atoms with van der Waals surface area (Å²) in [6.45, 7) is 1.21. The number of hydrogen-bond acceptors (Lipinski definition) is 6. The minimum Gasteiger partial charge on any atom is -0.394 e. The van der Waals surface area contributed by atoms with E-state index in [0.717, 1.165) is 16.7 Å². The van der Waals surface area contributed by atoms with Crippen molar-refractivity contribution in [2.24, 2.45) is 0 Å². The van der Waals surface area contributed by atoms with E-state index in [9.17, 15) is 5.11 Å². The number of methoxy groups -OCH3 is 1. The smallest absolute Gasteiger partial charge is 0.184 e. The highest BCUT2D eigenvalue weighted by molar-refractivity contribution is 5.15. The maximum atomic E-state index is 10.3. The van der Waals surface area contributed by atoms with E-state index in [1.54, 1.807) is 7.11 Å². The summed E-state index contributed by atoms with van der Waals surface area (Å²) in [6.07, 6.45) is -1.22. The van der Waals surface area contributed by atoms with Gasteiger partial charge < -0.3 is 28.8 Å². The Morgan fingerprint density at radius 3 is 1.89 bits per heavy atom. The Balaban J connectivity index is 1.52. The molecule has 0 saturated carbocycles. The minimum absolute atomic E-state index is 0.227. The Hall–Kier alpha value is -2.58. The molecule has 1 heterocycles. The van der Waals surface area contributed by atoms with Crippen LogP contribution in [0.4, 0.5) is 0 Å². The SMILES string of the molecule is CO[C@H]1OC(CO)C(COCc2ccccc2)(OCc2ccccc2)CC1OCc1ccccc1. The highest BCUT2D eigenvalue weighted by Gasteiger charge is 2.51. The van der Waals surface area contributed by atoms with Gasteiger partial charge in [0.25, 0.3) is 0 Å². The number of aliphatic hydroxyl groups excluding tert-OH is 1. The molecule has 186 valence electrons. The average Bonchev–Trinajstić information content (AvgIpc) is 2.92. The fourth-order valence-corrected chi connectivity index (χ4v) is 4.34. The Labute approximate surface area is 207 Å². The van der Waals surface area contributed by atoms with Crippen LogP contribution in [0.1, 0.15) is 23.1 Å². The molecular formula is C29H34O6. The predicted molar refractivity (Wildman–Crippen MR) is 132 cm³/mol. The number of ether oxygens (including phenoxy) is 5. The molecule has 1 fully saturated rings. The largest absolute Gasteiger partial charge is 0.394 e. The first-order chi connectivity index (χ1) is 17.2. The van der Waals surface area contributed by atoms with Crippen molar-refractivity contribution < 1.29 is 28.8 Å². The molecule has 6 heteroatoms. The van der Waals surface area contributed by atoms with E-state index in [2.05, 4.69) is 0 Å². The van der Waals surface area contributed by atoms with Crippen molar-refractivity contribution >= 4 is 0 Å².